The van der Waals surface area contributed by atoms with Gasteiger partial charge >= 0.3 is 5.97 Å². The van der Waals surface area contributed by atoms with E-state index in [2.05, 4.69) is 5.32 Å². The molecule has 1 amide bonds. The SMILES string of the molecule is O=C(NCC(Oc1ccc(F)cc1)C(=O)O)C1CCC1. The lowest BCUT2D eigenvalue weighted by Gasteiger charge is -2.25. The Morgan fingerprint density at radius 1 is 1.35 bits per heavy atom. The number of amides is 1. The van der Waals surface area contributed by atoms with E-state index >= 15 is 0 Å². The normalized spacial score (nSPS) is 16.1. The first kappa shape index (κ1) is 14.3. The molecule has 0 spiro atoms. The maximum atomic E-state index is 12.7. The lowest BCUT2D eigenvalue weighted by Crippen LogP contribution is -2.43. The van der Waals surface area contributed by atoms with Crippen molar-refractivity contribution in [3.8, 4) is 5.75 Å². The van der Waals surface area contributed by atoms with Gasteiger partial charge in [0, 0.05) is 5.92 Å². The molecule has 1 unspecified atom stereocenters. The number of carboxylic acids is 1. The van der Waals surface area contributed by atoms with Crippen LogP contribution in [0.15, 0.2) is 24.3 Å². The summed E-state index contributed by atoms with van der Waals surface area (Å²) in [6, 6.07) is 5.06. The molecule has 1 atom stereocenters. The highest BCUT2D eigenvalue weighted by molar-refractivity contribution is 5.80. The molecule has 0 saturated heterocycles. The number of rotatable bonds is 6. The van der Waals surface area contributed by atoms with E-state index in [0.29, 0.717) is 0 Å². The third kappa shape index (κ3) is 3.69. The molecular formula is C14H16FNO4. The molecule has 6 heteroatoms. The first-order valence-corrected chi connectivity index (χ1v) is 6.49. The van der Waals surface area contributed by atoms with Crippen molar-refractivity contribution in [2.75, 3.05) is 6.54 Å². The van der Waals surface area contributed by atoms with Gasteiger partial charge in [-0.1, -0.05) is 6.42 Å². The molecule has 1 aliphatic carbocycles. The Morgan fingerprint density at radius 2 is 2.00 bits per heavy atom. The van der Waals surface area contributed by atoms with E-state index in [9.17, 15) is 14.0 Å². The molecule has 0 bridgehead atoms. The molecule has 2 N–H and O–H groups in total. The molecular weight excluding hydrogens is 265 g/mol. The Balaban J connectivity index is 1.88. The summed E-state index contributed by atoms with van der Waals surface area (Å²) in [5, 5.41) is 11.6. The van der Waals surface area contributed by atoms with Crippen molar-refractivity contribution in [1.29, 1.82) is 0 Å². The lowest BCUT2D eigenvalue weighted by molar-refractivity contribution is -0.145. The Kier molecular flexibility index (Phi) is 4.55. The lowest BCUT2D eigenvalue weighted by atomic mass is 9.85. The van der Waals surface area contributed by atoms with Crippen LogP contribution in [-0.4, -0.2) is 29.6 Å². The second-order valence-electron chi connectivity index (χ2n) is 4.77. The maximum absolute atomic E-state index is 12.7. The van der Waals surface area contributed by atoms with Crippen LogP contribution in [0.4, 0.5) is 4.39 Å². The van der Waals surface area contributed by atoms with E-state index < -0.39 is 17.9 Å². The topological polar surface area (TPSA) is 75.6 Å². The average molecular weight is 281 g/mol. The first-order valence-electron chi connectivity index (χ1n) is 6.49. The summed E-state index contributed by atoms with van der Waals surface area (Å²) in [4.78, 5) is 22.7. The summed E-state index contributed by atoms with van der Waals surface area (Å²) in [6.45, 7) is -0.109. The van der Waals surface area contributed by atoms with Crippen molar-refractivity contribution in [3.63, 3.8) is 0 Å². The minimum atomic E-state index is -1.19. The van der Waals surface area contributed by atoms with Gasteiger partial charge in [-0.3, -0.25) is 4.79 Å². The van der Waals surface area contributed by atoms with Gasteiger partial charge in [0.15, 0.2) is 0 Å². The minimum Gasteiger partial charge on any atom is -0.478 e. The molecule has 5 nitrogen and oxygen atoms in total. The maximum Gasteiger partial charge on any atom is 0.346 e. The highest BCUT2D eigenvalue weighted by Crippen LogP contribution is 2.26. The molecule has 1 aromatic rings. The predicted octanol–water partition coefficient (Wildman–Crippen LogP) is 1.57. The fourth-order valence-corrected chi connectivity index (χ4v) is 1.86. The number of benzene rings is 1. The number of nitrogens with one attached hydrogen (secondary N) is 1. The van der Waals surface area contributed by atoms with Crippen molar-refractivity contribution in [3.05, 3.63) is 30.1 Å². The summed E-state index contributed by atoms with van der Waals surface area (Å²) in [5.41, 5.74) is 0. The molecule has 0 aromatic heterocycles. The standard InChI is InChI=1S/C14H16FNO4/c15-10-4-6-11(7-5-10)20-12(14(18)19)8-16-13(17)9-2-1-3-9/h4-7,9,12H,1-3,8H2,(H,16,17)(H,18,19). The zero-order valence-corrected chi connectivity index (χ0v) is 10.8. The van der Waals surface area contributed by atoms with Gasteiger partial charge < -0.3 is 15.2 Å². The molecule has 1 aromatic carbocycles. The summed E-state index contributed by atoms with van der Waals surface area (Å²) >= 11 is 0. The third-order valence-electron chi connectivity index (χ3n) is 3.31. The number of carboxylic acid groups (broad SMARTS) is 1. The van der Waals surface area contributed by atoms with Crippen LogP contribution in [-0.2, 0) is 9.59 Å². The van der Waals surface area contributed by atoms with Crippen LogP contribution in [0.25, 0.3) is 0 Å². The third-order valence-corrected chi connectivity index (χ3v) is 3.31. The molecule has 2 rings (SSSR count). The Hall–Kier alpha value is -2.11. The molecule has 0 aliphatic heterocycles. The number of hydrogen-bond donors (Lipinski definition) is 2. The fourth-order valence-electron chi connectivity index (χ4n) is 1.86. The zero-order chi connectivity index (χ0) is 14.5. The quantitative estimate of drug-likeness (QED) is 0.830. The molecule has 0 radical (unpaired) electrons. The number of halogens is 1. The smallest absolute Gasteiger partial charge is 0.346 e. The summed E-state index contributed by atoms with van der Waals surface area (Å²) in [7, 11) is 0. The summed E-state index contributed by atoms with van der Waals surface area (Å²) in [5.74, 6) is -1.50. The van der Waals surface area contributed by atoms with Crippen molar-refractivity contribution in [1.82, 2.24) is 5.32 Å². The van der Waals surface area contributed by atoms with Crippen LogP contribution >= 0.6 is 0 Å². The predicted molar refractivity (Wildman–Crippen MR) is 68.8 cm³/mol. The van der Waals surface area contributed by atoms with Crippen molar-refractivity contribution >= 4 is 11.9 Å². The van der Waals surface area contributed by atoms with Crippen LogP contribution in [0.5, 0.6) is 5.75 Å². The van der Waals surface area contributed by atoms with Crippen molar-refractivity contribution < 1.29 is 23.8 Å². The van der Waals surface area contributed by atoms with Crippen molar-refractivity contribution in [2.45, 2.75) is 25.4 Å². The van der Waals surface area contributed by atoms with E-state index in [0.717, 1.165) is 19.3 Å². The monoisotopic (exact) mass is 281 g/mol. The van der Waals surface area contributed by atoms with Crippen LogP contribution < -0.4 is 10.1 Å². The second kappa shape index (κ2) is 6.36. The van der Waals surface area contributed by atoms with Crippen molar-refractivity contribution in [2.24, 2.45) is 5.92 Å². The van der Waals surface area contributed by atoms with E-state index in [1.165, 1.54) is 24.3 Å². The number of carbonyl (C=O) groups excluding carboxylic acids is 1. The molecule has 0 heterocycles. The molecule has 20 heavy (non-hydrogen) atoms. The summed E-state index contributed by atoms with van der Waals surface area (Å²) < 4.78 is 18.0. The van der Waals surface area contributed by atoms with Gasteiger partial charge in [-0.2, -0.15) is 0 Å². The highest BCUT2D eigenvalue weighted by Gasteiger charge is 2.27. The highest BCUT2D eigenvalue weighted by atomic mass is 19.1. The van der Waals surface area contributed by atoms with Gasteiger partial charge in [0.25, 0.3) is 0 Å². The van der Waals surface area contributed by atoms with E-state index in [-0.39, 0.29) is 24.1 Å². The zero-order valence-electron chi connectivity index (χ0n) is 10.8. The van der Waals surface area contributed by atoms with E-state index in [1.54, 1.807) is 0 Å². The largest absolute Gasteiger partial charge is 0.478 e. The average Bonchev–Trinajstić information content (AvgIpc) is 2.34. The second-order valence-corrected chi connectivity index (χ2v) is 4.77. The number of aliphatic carboxylic acids is 1. The molecule has 1 aliphatic rings. The number of hydrogen-bond acceptors (Lipinski definition) is 3. The Morgan fingerprint density at radius 3 is 2.50 bits per heavy atom. The Bertz CT molecular complexity index is 484. The van der Waals surface area contributed by atoms with Gasteiger partial charge in [-0.25, -0.2) is 9.18 Å². The number of ether oxygens (including phenoxy) is 1. The van der Waals surface area contributed by atoms with Crippen LogP contribution in [0.1, 0.15) is 19.3 Å². The van der Waals surface area contributed by atoms with Crippen LogP contribution in [0, 0.1) is 11.7 Å². The molecule has 108 valence electrons. The van der Waals surface area contributed by atoms with Crippen LogP contribution in [0.3, 0.4) is 0 Å². The van der Waals surface area contributed by atoms with Crippen LogP contribution in [0.2, 0.25) is 0 Å². The van der Waals surface area contributed by atoms with Gasteiger partial charge in [0.1, 0.15) is 11.6 Å². The fraction of sp³-hybridized carbons (Fsp3) is 0.429. The van der Waals surface area contributed by atoms with E-state index in [4.69, 9.17) is 9.84 Å². The first-order chi connectivity index (χ1) is 9.56. The Labute approximate surface area is 115 Å². The minimum absolute atomic E-state index is 0.00438. The molecule has 1 fully saturated rings. The van der Waals surface area contributed by atoms with Gasteiger partial charge in [-0.15, -0.1) is 0 Å². The van der Waals surface area contributed by atoms with Gasteiger partial charge in [-0.05, 0) is 37.1 Å². The molecule has 1 saturated carbocycles. The van der Waals surface area contributed by atoms with Gasteiger partial charge in [0.2, 0.25) is 12.0 Å². The van der Waals surface area contributed by atoms with Gasteiger partial charge in [0.05, 0.1) is 6.54 Å². The summed E-state index contributed by atoms with van der Waals surface area (Å²) in [6.07, 6.45) is 1.54. The van der Waals surface area contributed by atoms with E-state index in [1.807, 2.05) is 0 Å². The number of carbonyl (C=O) groups is 2.